The standard InChI is InChI=1S/C13H20BrNOS/c1-11-9-13(14)4-3-12(11)10-15-5-8-17-7-2-6-16/h3-4,9,15-16H,2,5-8,10H2,1H3. The molecule has 96 valence electrons. The first kappa shape index (κ1) is 15.0. The summed E-state index contributed by atoms with van der Waals surface area (Å²) in [6.07, 6.45) is 0.899. The van der Waals surface area contributed by atoms with Crippen LogP contribution >= 0.6 is 27.7 Å². The molecule has 0 fully saturated rings. The third kappa shape index (κ3) is 6.46. The molecule has 1 rings (SSSR count). The summed E-state index contributed by atoms with van der Waals surface area (Å²) in [4.78, 5) is 0. The summed E-state index contributed by atoms with van der Waals surface area (Å²) in [6, 6.07) is 6.39. The fourth-order valence-electron chi connectivity index (χ4n) is 1.49. The van der Waals surface area contributed by atoms with Gasteiger partial charge in [0.05, 0.1) is 0 Å². The molecule has 0 bridgehead atoms. The van der Waals surface area contributed by atoms with Crippen molar-refractivity contribution in [1.82, 2.24) is 5.32 Å². The first-order chi connectivity index (χ1) is 8.24. The average Bonchev–Trinajstić information content (AvgIpc) is 2.30. The number of hydrogen-bond donors (Lipinski definition) is 2. The molecule has 2 nitrogen and oxygen atoms in total. The lowest BCUT2D eigenvalue weighted by Gasteiger charge is -2.08. The summed E-state index contributed by atoms with van der Waals surface area (Å²) in [7, 11) is 0. The number of benzene rings is 1. The van der Waals surface area contributed by atoms with Crippen molar-refractivity contribution in [2.45, 2.75) is 19.9 Å². The second-order valence-electron chi connectivity index (χ2n) is 3.94. The number of aliphatic hydroxyl groups excluding tert-OH is 1. The number of rotatable bonds is 8. The number of aliphatic hydroxyl groups is 1. The minimum atomic E-state index is 0.304. The molecule has 1 aromatic rings. The molecule has 0 atom stereocenters. The first-order valence-electron chi connectivity index (χ1n) is 5.88. The van der Waals surface area contributed by atoms with Gasteiger partial charge in [0.25, 0.3) is 0 Å². The zero-order chi connectivity index (χ0) is 12.5. The minimum absolute atomic E-state index is 0.304. The third-order valence-electron chi connectivity index (χ3n) is 2.49. The van der Waals surface area contributed by atoms with Gasteiger partial charge >= 0.3 is 0 Å². The normalized spacial score (nSPS) is 10.8. The predicted molar refractivity (Wildman–Crippen MR) is 79.6 cm³/mol. The van der Waals surface area contributed by atoms with E-state index in [1.807, 2.05) is 11.8 Å². The van der Waals surface area contributed by atoms with Gasteiger partial charge in [-0.1, -0.05) is 22.0 Å². The molecular formula is C13H20BrNOS. The van der Waals surface area contributed by atoms with E-state index in [9.17, 15) is 0 Å². The Hall–Kier alpha value is -0.0300. The van der Waals surface area contributed by atoms with Gasteiger partial charge in [0.2, 0.25) is 0 Å². The van der Waals surface area contributed by atoms with Gasteiger partial charge in [-0.3, -0.25) is 0 Å². The van der Waals surface area contributed by atoms with E-state index in [0.717, 1.165) is 35.5 Å². The monoisotopic (exact) mass is 317 g/mol. The maximum Gasteiger partial charge on any atom is 0.0438 e. The predicted octanol–water partition coefficient (Wildman–Crippen LogP) is 2.96. The maximum atomic E-state index is 8.64. The van der Waals surface area contributed by atoms with E-state index >= 15 is 0 Å². The summed E-state index contributed by atoms with van der Waals surface area (Å²) in [6.45, 7) is 4.39. The Balaban J connectivity index is 2.14. The van der Waals surface area contributed by atoms with Crippen molar-refractivity contribution in [1.29, 1.82) is 0 Å². The lowest BCUT2D eigenvalue weighted by atomic mass is 10.1. The molecule has 4 heteroatoms. The van der Waals surface area contributed by atoms with Crippen molar-refractivity contribution < 1.29 is 5.11 Å². The lowest BCUT2D eigenvalue weighted by Crippen LogP contribution is -2.17. The van der Waals surface area contributed by atoms with Crippen LogP contribution in [0.25, 0.3) is 0 Å². The second kappa shape index (κ2) is 8.97. The van der Waals surface area contributed by atoms with Crippen LogP contribution in [0.3, 0.4) is 0 Å². The largest absolute Gasteiger partial charge is 0.396 e. The molecule has 2 N–H and O–H groups in total. The quantitative estimate of drug-likeness (QED) is 0.723. The summed E-state index contributed by atoms with van der Waals surface area (Å²) in [5.41, 5.74) is 2.67. The van der Waals surface area contributed by atoms with Crippen LogP contribution < -0.4 is 5.32 Å². The van der Waals surface area contributed by atoms with Gasteiger partial charge in [0.15, 0.2) is 0 Å². The van der Waals surface area contributed by atoms with Crippen molar-refractivity contribution >= 4 is 27.7 Å². The molecular weight excluding hydrogens is 298 g/mol. The molecule has 0 aliphatic rings. The number of aryl methyl sites for hydroxylation is 1. The molecule has 0 saturated carbocycles. The molecule has 0 radical (unpaired) electrons. The number of thioether (sulfide) groups is 1. The number of hydrogen-bond acceptors (Lipinski definition) is 3. The number of nitrogens with one attached hydrogen (secondary N) is 1. The van der Waals surface area contributed by atoms with Crippen LogP contribution in [0.15, 0.2) is 22.7 Å². The highest BCUT2D eigenvalue weighted by molar-refractivity contribution is 9.10. The Bertz CT molecular complexity index is 333. The van der Waals surface area contributed by atoms with Crippen LogP contribution in [0.5, 0.6) is 0 Å². The average molecular weight is 318 g/mol. The lowest BCUT2D eigenvalue weighted by molar-refractivity contribution is 0.296. The summed E-state index contributed by atoms with van der Waals surface area (Å²) in [5.74, 6) is 2.16. The Labute approximate surface area is 116 Å². The second-order valence-corrected chi connectivity index (χ2v) is 6.08. The van der Waals surface area contributed by atoms with E-state index in [1.54, 1.807) is 0 Å². The molecule has 0 heterocycles. The van der Waals surface area contributed by atoms with Gasteiger partial charge in [-0.2, -0.15) is 11.8 Å². The van der Waals surface area contributed by atoms with E-state index in [1.165, 1.54) is 11.1 Å². The van der Waals surface area contributed by atoms with Crippen LogP contribution in [0, 0.1) is 6.92 Å². The highest BCUT2D eigenvalue weighted by Crippen LogP contribution is 2.15. The minimum Gasteiger partial charge on any atom is -0.396 e. The summed E-state index contributed by atoms with van der Waals surface area (Å²) in [5, 5.41) is 12.1. The van der Waals surface area contributed by atoms with Crippen molar-refractivity contribution in [3.05, 3.63) is 33.8 Å². The highest BCUT2D eigenvalue weighted by atomic mass is 79.9. The molecule has 0 saturated heterocycles. The fraction of sp³-hybridized carbons (Fsp3) is 0.538. The molecule has 0 amide bonds. The van der Waals surface area contributed by atoms with Crippen molar-refractivity contribution in [3.8, 4) is 0 Å². The van der Waals surface area contributed by atoms with Crippen LogP contribution in [-0.2, 0) is 6.54 Å². The van der Waals surface area contributed by atoms with Crippen LogP contribution in [0.2, 0.25) is 0 Å². The molecule has 0 unspecified atom stereocenters. The zero-order valence-electron chi connectivity index (χ0n) is 10.2. The molecule has 0 aromatic heterocycles. The van der Waals surface area contributed by atoms with Crippen LogP contribution in [-0.4, -0.2) is 29.8 Å². The van der Waals surface area contributed by atoms with Crippen molar-refractivity contribution in [2.24, 2.45) is 0 Å². The maximum absolute atomic E-state index is 8.64. The van der Waals surface area contributed by atoms with Gasteiger partial charge in [0.1, 0.15) is 0 Å². The van der Waals surface area contributed by atoms with Gasteiger partial charge in [-0.05, 0) is 42.4 Å². The van der Waals surface area contributed by atoms with Gasteiger partial charge in [-0.25, -0.2) is 0 Å². The third-order valence-corrected chi connectivity index (χ3v) is 4.05. The van der Waals surface area contributed by atoms with E-state index < -0.39 is 0 Å². The zero-order valence-corrected chi connectivity index (χ0v) is 12.6. The summed E-state index contributed by atoms with van der Waals surface area (Å²) < 4.78 is 1.14. The number of halogens is 1. The Morgan fingerprint density at radius 1 is 1.35 bits per heavy atom. The molecule has 17 heavy (non-hydrogen) atoms. The Kier molecular flexibility index (Phi) is 7.93. The SMILES string of the molecule is Cc1cc(Br)ccc1CNCCSCCCO. The van der Waals surface area contributed by atoms with Gasteiger partial charge in [-0.15, -0.1) is 0 Å². The van der Waals surface area contributed by atoms with Gasteiger partial charge in [0, 0.05) is 29.9 Å². The Morgan fingerprint density at radius 2 is 2.18 bits per heavy atom. The van der Waals surface area contributed by atoms with E-state index in [4.69, 9.17) is 5.11 Å². The topological polar surface area (TPSA) is 32.3 Å². The smallest absolute Gasteiger partial charge is 0.0438 e. The molecule has 0 spiro atoms. The van der Waals surface area contributed by atoms with Crippen molar-refractivity contribution in [2.75, 3.05) is 24.7 Å². The molecule has 1 aromatic carbocycles. The fourth-order valence-corrected chi connectivity index (χ4v) is 2.80. The first-order valence-corrected chi connectivity index (χ1v) is 7.83. The van der Waals surface area contributed by atoms with E-state index in [2.05, 4.69) is 46.4 Å². The van der Waals surface area contributed by atoms with E-state index in [-0.39, 0.29) is 0 Å². The van der Waals surface area contributed by atoms with Gasteiger partial charge < -0.3 is 10.4 Å². The van der Waals surface area contributed by atoms with Crippen LogP contribution in [0.4, 0.5) is 0 Å². The molecule has 0 aliphatic carbocycles. The van der Waals surface area contributed by atoms with Crippen LogP contribution in [0.1, 0.15) is 17.5 Å². The molecule has 0 aliphatic heterocycles. The Morgan fingerprint density at radius 3 is 2.88 bits per heavy atom. The highest BCUT2D eigenvalue weighted by Gasteiger charge is 1.98. The summed E-state index contributed by atoms with van der Waals surface area (Å²) >= 11 is 5.36. The van der Waals surface area contributed by atoms with Crippen molar-refractivity contribution in [3.63, 3.8) is 0 Å². The van der Waals surface area contributed by atoms with E-state index in [0.29, 0.717) is 6.61 Å².